The molecule has 1 aliphatic heterocycles. The summed E-state index contributed by atoms with van der Waals surface area (Å²) in [7, 11) is 1.67. The SMILES string of the molecule is CCCN1CCC(=NNC(=S)NCCOC)CC1. The molecule has 0 aromatic heterocycles. The molecule has 0 aromatic rings. The second kappa shape index (κ2) is 9.24. The number of nitrogens with one attached hydrogen (secondary N) is 2. The number of piperidine rings is 1. The molecule has 0 unspecified atom stereocenters. The lowest BCUT2D eigenvalue weighted by Crippen LogP contribution is -2.37. The van der Waals surface area contributed by atoms with E-state index in [1.54, 1.807) is 7.11 Å². The van der Waals surface area contributed by atoms with Crippen LogP contribution in [-0.4, -0.2) is 55.6 Å². The summed E-state index contributed by atoms with van der Waals surface area (Å²) in [6, 6.07) is 0. The topological polar surface area (TPSA) is 48.9 Å². The second-order valence-corrected chi connectivity index (χ2v) is 4.79. The van der Waals surface area contributed by atoms with Gasteiger partial charge in [0.15, 0.2) is 5.11 Å². The molecule has 2 N–H and O–H groups in total. The molecule has 1 rings (SSSR count). The lowest BCUT2D eigenvalue weighted by molar-refractivity contribution is 0.204. The van der Waals surface area contributed by atoms with Crippen LogP contribution in [0.3, 0.4) is 0 Å². The van der Waals surface area contributed by atoms with Gasteiger partial charge in [-0.25, -0.2) is 0 Å². The smallest absolute Gasteiger partial charge is 0.187 e. The zero-order chi connectivity index (χ0) is 13.2. The van der Waals surface area contributed by atoms with Crippen LogP contribution in [-0.2, 0) is 4.74 Å². The Kier molecular flexibility index (Phi) is 7.88. The van der Waals surface area contributed by atoms with Crippen molar-refractivity contribution < 1.29 is 4.74 Å². The maximum absolute atomic E-state index is 5.11. The predicted octanol–water partition coefficient (Wildman–Crippen LogP) is 0.959. The Morgan fingerprint density at radius 2 is 2.17 bits per heavy atom. The first-order chi connectivity index (χ1) is 8.76. The van der Waals surface area contributed by atoms with E-state index >= 15 is 0 Å². The molecular weight excluding hydrogens is 248 g/mol. The molecule has 0 spiro atoms. The van der Waals surface area contributed by atoms with Gasteiger partial charge in [0.2, 0.25) is 0 Å². The molecule has 104 valence electrons. The van der Waals surface area contributed by atoms with E-state index in [-0.39, 0.29) is 0 Å². The van der Waals surface area contributed by atoms with E-state index in [1.165, 1.54) is 18.7 Å². The molecule has 1 heterocycles. The van der Waals surface area contributed by atoms with Gasteiger partial charge < -0.3 is 15.0 Å². The molecule has 0 aliphatic carbocycles. The summed E-state index contributed by atoms with van der Waals surface area (Å²) < 4.78 is 4.93. The molecular formula is C12H24N4OS. The summed E-state index contributed by atoms with van der Waals surface area (Å²) >= 11 is 5.11. The number of hydrogen-bond donors (Lipinski definition) is 2. The number of nitrogens with zero attached hydrogens (tertiary/aromatic N) is 2. The van der Waals surface area contributed by atoms with Gasteiger partial charge in [-0.15, -0.1) is 0 Å². The molecule has 18 heavy (non-hydrogen) atoms. The summed E-state index contributed by atoms with van der Waals surface area (Å²) in [6.07, 6.45) is 3.29. The van der Waals surface area contributed by atoms with Crippen molar-refractivity contribution in [1.82, 2.24) is 15.6 Å². The Morgan fingerprint density at radius 3 is 2.78 bits per heavy atom. The van der Waals surface area contributed by atoms with Gasteiger partial charge in [0.25, 0.3) is 0 Å². The average Bonchev–Trinajstić information content (AvgIpc) is 2.39. The molecule has 5 nitrogen and oxygen atoms in total. The summed E-state index contributed by atoms with van der Waals surface area (Å²) in [6.45, 7) is 6.98. The molecule has 1 saturated heterocycles. The van der Waals surface area contributed by atoms with E-state index in [0.717, 1.165) is 25.9 Å². The van der Waals surface area contributed by atoms with E-state index in [2.05, 4.69) is 27.7 Å². The predicted molar refractivity (Wildman–Crippen MR) is 79.0 cm³/mol. The number of rotatable bonds is 6. The Balaban J connectivity index is 2.17. The maximum atomic E-state index is 5.11. The van der Waals surface area contributed by atoms with Crippen LogP contribution in [0.4, 0.5) is 0 Å². The van der Waals surface area contributed by atoms with E-state index in [0.29, 0.717) is 18.3 Å². The largest absolute Gasteiger partial charge is 0.383 e. The van der Waals surface area contributed by atoms with Crippen molar-refractivity contribution in [1.29, 1.82) is 0 Å². The van der Waals surface area contributed by atoms with E-state index in [1.807, 2.05) is 0 Å². The van der Waals surface area contributed by atoms with Crippen LogP contribution in [0.5, 0.6) is 0 Å². The molecule has 0 saturated carbocycles. The van der Waals surface area contributed by atoms with Gasteiger partial charge in [-0.3, -0.25) is 5.43 Å². The number of likely N-dealkylation sites (tertiary alicyclic amines) is 1. The van der Waals surface area contributed by atoms with Crippen LogP contribution in [0.2, 0.25) is 0 Å². The maximum Gasteiger partial charge on any atom is 0.187 e. The van der Waals surface area contributed by atoms with Gasteiger partial charge in [-0.2, -0.15) is 5.10 Å². The number of methoxy groups -OCH3 is 1. The van der Waals surface area contributed by atoms with Gasteiger partial charge >= 0.3 is 0 Å². The van der Waals surface area contributed by atoms with E-state index < -0.39 is 0 Å². The molecule has 1 fully saturated rings. The molecule has 0 radical (unpaired) electrons. The molecule has 0 aromatic carbocycles. The van der Waals surface area contributed by atoms with Gasteiger partial charge in [0, 0.05) is 45.3 Å². The Labute approximate surface area is 115 Å². The van der Waals surface area contributed by atoms with Crippen LogP contribution in [0.25, 0.3) is 0 Å². The number of thiocarbonyl (C=S) groups is 1. The van der Waals surface area contributed by atoms with Crippen molar-refractivity contribution >= 4 is 23.0 Å². The van der Waals surface area contributed by atoms with Crippen LogP contribution in [0, 0.1) is 0 Å². The molecule has 6 heteroatoms. The van der Waals surface area contributed by atoms with Crippen molar-refractivity contribution in [3.63, 3.8) is 0 Å². The molecule has 0 bridgehead atoms. The van der Waals surface area contributed by atoms with Crippen molar-refractivity contribution in [2.75, 3.05) is 39.9 Å². The number of hydrogen-bond acceptors (Lipinski definition) is 4. The van der Waals surface area contributed by atoms with Crippen molar-refractivity contribution in [2.45, 2.75) is 26.2 Å². The highest BCUT2D eigenvalue weighted by atomic mass is 32.1. The lowest BCUT2D eigenvalue weighted by Gasteiger charge is -2.26. The Hall–Kier alpha value is -0.720. The summed E-state index contributed by atoms with van der Waals surface area (Å²) in [5, 5.41) is 7.95. The summed E-state index contributed by atoms with van der Waals surface area (Å²) in [5.41, 5.74) is 4.10. The summed E-state index contributed by atoms with van der Waals surface area (Å²) in [5.74, 6) is 0. The van der Waals surface area contributed by atoms with E-state index in [4.69, 9.17) is 17.0 Å². The summed E-state index contributed by atoms with van der Waals surface area (Å²) in [4.78, 5) is 2.48. The quantitative estimate of drug-likeness (QED) is 0.428. The van der Waals surface area contributed by atoms with Gasteiger partial charge in [0.1, 0.15) is 0 Å². The molecule has 0 amide bonds. The Morgan fingerprint density at radius 1 is 1.44 bits per heavy atom. The third-order valence-electron chi connectivity index (χ3n) is 2.88. The highest BCUT2D eigenvalue weighted by molar-refractivity contribution is 7.80. The average molecular weight is 272 g/mol. The minimum absolute atomic E-state index is 0.565. The first kappa shape index (κ1) is 15.3. The van der Waals surface area contributed by atoms with Gasteiger partial charge in [-0.05, 0) is 25.2 Å². The van der Waals surface area contributed by atoms with E-state index in [9.17, 15) is 0 Å². The van der Waals surface area contributed by atoms with Gasteiger partial charge in [0.05, 0.1) is 6.61 Å². The minimum Gasteiger partial charge on any atom is -0.383 e. The fourth-order valence-electron chi connectivity index (χ4n) is 1.90. The highest BCUT2D eigenvalue weighted by Gasteiger charge is 2.13. The van der Waals surface area contributed by atoms with Crippen LogP contribution >= 0.6 is 12.2 Å². The first-order valence-corrected chi connectivity index (χ1v) is 6.97. The zero-order valence-electron chi connectivity index (χ0n) is 11.4. The van der Waals surface area contributed by atoms with Crippen LogP contribution in [0.15, 0.2) is 5.10 Å². The third-order valence-corrected chi connectivity index (χ3v) is 3.12. The van der Waals surface area contributed by atoms with Crippen molar-refractivity contribution in [3.8, 4) is 0 Å². The zero-order valence-corrected chi connectivity index (χ0v) is 12.2. The van der Waals surface area contributed by atoms with Crippen LogP contribution < -0.4 is 10.7 Å². The van der Waals surface area contributed by atoms with Crippen molar-refractivity contribution in [3.05, 3.63) is 0 Å². The monoisotopic (exact) mass is 272 g/mol. The fraction of sp³-hybridized carbons (Fsp3) is 0.833. The minimum atomic E-state index is 0.565. The number of ether oxygens (including phenoxy) is 1. The lowest BCUT2D eigenvalue weighted by atomic mass is 10.1. The third kappa shape index (κ3) is 6.28. The Bertz CT molecular complexity index is 273. The standard InChI is InChI=1S/C12H24N4OS/c1-3-7-16-8-4-11(5-9-16)14-15-12(18)13-6-10-17-2/h3-10H2,1-2H3,(H2,13,15,18). The first-order valence-electron chi connectivity index (χ1n) is 6.56. The number of hydrazone groups is 1. The van der Waals surface area contributed by atoms with Crippen LogP contribution in [0.1, 0.15) is 26.2 Å². The highest BCUT2D eigenvalue weighted by Crippen LogP contribution is 2.07. The molecule has 0 atom stereocenters. The fourth-order valence-corrected chi connectivity index (χ4v) is 2.05. The molecule has 1 aliphatic rings. The second-order valence-electron chi connectivity index (χ2n) is 4.38. The van der Waals surface area contributed by atoms with Crippen molar-refractivity contribution in [2.24, 2.45) is 5.10 Å². The van der Waals surface area contributed by atoms with Gasteiger partial charge in [-0.1, -0.05) is 6.92 Å². The normalized spacial score (nSPS) is 16.4.